The molecule has 0 aromatic heterocycles. The second-order valence-corrected chi connectivity index (χ2v) is 2.84. The highest BCUT2D eigenvalue weighted by Crippen LogP contribution is 2.36. The lowest BCUT2D eigenvalue weighted by atomic mass is 9.95. The fourth-order valence-corrected chi connectivity index (χ4v) is 1.02. The van der Waals surface area contributed by atoms with Crippen LogP contribution in [0.1, 0.15) is 0 Å². The molecule has 1 aliphatic rings. The van der Waals surface area contributed by atoms with Crippen molar-refractivity contribution in [1.82, 2.24) is 0 Å². The summed E-state index contributed by atoms with van der Waals surface area (Å²) < 4.78 is 72.5. The smallest absolute Gasteiger partial charge is 0.290 e. The maximum absolute atomic E-state index is 12.1. The van der Waals surface area contributed by atoms with E-state index in [9.17, 15) is 35.9 Å². The van der Waals surface area contributed by atoms with E-state index < -0.39 is 35.1 Å². The molecule has 0 saturated carbocycles. The number of carbonyl (C=O) groups excluding carboxylic acids is 2. The van der Waals surface area contributed by atoms with E-state index in [0.717, 1.165) is 0 Å². The largest absolute Gasteiger partial charge is 0.420 e. The molecule has 8 heteroatoms. The summed E-state index contributed by atoms with van der Waals surface area (Å²) in [6.07, 6.45) is -10.9. The lowest BCUT2D eigenvalue weighted by Crippen LogP contribution is -2.31. The normalized spacial score (nSPS) is 18.4. The standard InChI is InChI=1S/C8H2F6O2/c9-7(10,11)4-1-3(15)2-5(6(4)16)8(12,13)14/h1-2H. The SMILES string of the molecule is O=C1C=C(C(F)(F)F)C(=O)C(C(F)(F)F)=C1. The van der Waals surface area contributed by atoms with Crippen LogP contribution in [0.25, 0.3) is 0 Å². The van der Waals surface area contributed by atoms with Gasteiger partial charge in [0.05, 0.1) is 0 Å². The Kier molecular flexibility index (Phi) is 2.70. The Morgan fingerprint density at radius 2 is 1.06 bits per heavy atom. The molecule has 0 aliphatic heterocycles. The summed E-state index contributed by atoms with van der Waals surface area (Å²) in [5.74, 6) is -3.75. The van der Waals surface area contributed by atoms with Gasteiger partial charge in [-0.15, -0.1) is 0 Å². The maximum Gasteiger partial charge on any atom is 0.420 e. The third-order valence-corrected chi connectivity index (χ3v) is 1.67. The van der Waals surface area contributed by atoms with Crippen LogP contribution in [0.15, 0.2) is 23.3 Å². The number of hydrogen-bond acceptors (Lipinski definition) is 2. The number of Topliss-reactive ketones (excluding diaryl/α,β-unsaturated/α-hetero) is 1. The van der Waals surface area contributed by atoms with Crippen LogP contribution in [-0.4, -0.2) is 23.9 Å². The summed E-state index contributed by atoms with van der Waals surface area (Å²) in [6.45, 7) is 0. The number of ketones is 2. The summed E-state index contributed by atoms with van der Waals surface area (Å²) in [7, 11) is 0. The van der Waals surface area contributed by atoms with E-state index >= 15 is 0 Å². The number of rotatable bonds is 0. The lowest BCUT2D eigenvalue weighted by molar-refractivity contribution is -0.138. The zero-order valence-electron chi connectivity index (χ0n) is 7.24. The molecule has 0 aromatic rings. The van der Waals surface area contributed by atoms with Gasteiger partial charge in [-0.2, -0.15) is 26.3 Å². The van der Waals surface area contributed by atoms with Crippen molar-refractivity contribution in [2.24, 2.45) is 0 Å². The summed E-state index contributed by atoms with van der Waals surface area (Å²) in [5.41, 5.74) is -4.21. The van der Waals surface area contributed by atoms with Gasteiger partial charge in [0.25, 0.3) is 0 Å². The molecule has 0 radical (unpaired) electrons. The van der Waals surface area contributed by atoms with Crippen molar-refractivity contribution in [1.29, 1.82) is 0 Å². The highest BCUT2D eigenvalue weighted by molar-refractivity contribution is 6.21. The van der Waals surface area contributed by atoms with Crippen molar-refractivity contribution in [3.05, 3.63) is 23.3 Å². The first kappa shape index (κ1) is 12.5. The van der Waals surface area contributed by atoms with Gasteiger partial charge < -0.3 is 0 Å². The van der Waals surface area contributed by atoms with E-state index in [0.29, 0.717) is 0 Å². The van der Waals surface area contributed by atoms with Crippen molar-refractivity contribution in [3.63, 3.8) is 0 Å². The number of carbonyl (C=O) groups is 2. The fourth-order valence-electron chi connectivity index (χ4n) is 1.02. The number of halogens is 6. The van der Waals surface area contributed by atoms with E-state index in [1.165, 1.54) is 0 Å². The molecule has 0 bridgehead atoms. The van der Waals surface area contributed by atoms with Crippen molar-refractivity contribution in [3.8, 4) is 0 Å². The average molecular weight is 244 g/mol. The zero-order valence-corrected chi connectivity index (χ0v) is 7.24. The Bertz CT molecular complexity index is 373. The Balaban J connectivity index is 3.24. The quantitative estimate of drug-likeness (QED) is 0.483. The van der Waals surface area contributed by atoms with Crippen LogP contribution in [0.5, 0.6) is 0 Å². The minimum absolute atomic E-state index is 0.155. The number of hydrogen-bond donors (Lipinski definition) is 0. The molecule has 88 valence electrons. The predicted octanol–water partition coefficient (Wildman–Crippen LogP) is 2.12. The minimum Gasteiger partial charge on any atom is -0.290 e. The van der Waals surface area contributed by atoms with Gasteiger partial charge in [-0.25, -0.2) is 0 Å². The molecule has 0 fully saturated rings. The first-order valence-electron chi connectivity index (χ1n) is 3.70. The molecule has 0 N–H and O–H groups in total. The van der Waals surface area contributed by atoms with Gasteiger partial charge in [-0.3, -0.25) is 9.59 Å². The van der Waals surface area contributed by atoms with Gasteiger partial charge in [0.2, 0.25) is 5.78 Å². The molecule has 0 heterocycles. The maximum atomic E-state index is 12.1. The third kappa shape index (κ3) is 2.31. The molecule has 0 unspecified atom stereocenters. The minimum atomic E-state index is -5.28. The van der Waals surface area contributed by atoms with Crippen LogP contribution in [0.2, 0.25) is 0 Å². The summed E-state index contributed by atoms with van der Waals surface area (Å²) in [5, 5.41) is 0. The second kappa shape index (κ2) is 3.46. The molecule has 2 nitrogen and oxygen atoms in total. The fraction of sp³-hybridized carbons (Fsp3) is 0.250. The summed E-state index contributed by atoms with van der Waals surface area (Å²) in [4.78, 5) is 21.5. The van der Waals surface area contributed by atoms with Crippen LogP contribution in [0.4, 0.5) is 26.3 Å². The molecule has 1 aliphatic carbocycles. The van der Waals surface area contributed by atoms with E-state index in [1.807, 2.05) is 0 Å². The van der Waals surface area contributed by atoms with Gasteiger partial charge in [0, 0.05) is 12.2 Å². The first-order chi connectivity index (χ1) is 7.03. The lowest BCUT2D eigenvalue weighted by Gasteiger charge is -2.17. The van der Waals surface area contributed by atoms with Gasteiger partial charge in [0.1, 0.15) is 11.1 Å². The topological polar surface area (TPSA) is 34.1 Å². The van der Waals surface area contributed by atoms with Crippen molar-refractivity contribution in [2.45, 2.75) is 12.4 Å². The third-order valence-electron chi connectivity index (χ3n) is 1.67. The van der Waals surface area contributed by atoms with Crippen molar-refractivity contribution in [2.75, 3.05) is 0 Å². The summed E-state index contributed by atoms with van der Waals surface area (Å²) in [6, 6.07) is 0. The molecule has 0 spiro atoms. The van der Waals surface area contributed by atoms with Gasteiger partial charge >= 0.3 is 12.4 Å². The van der Waals surface area contributed by atoms with Crippen molar-refractivity contribution >= 4 is 11.6 Å². The van der Waals surface area contributed by atoms with Gasteiger partial charge in [-0.1, -0.05) is 0 Å². The van der Waals surface area contributed by atoms with Crippen LogP contribution in [0.3, 0.4) is 0 Å². The van der Waals surface area contributed by atoms with Gasteiger partial charge in [-0.05, 0) is 0 Å². The van der Waals surface area contributed by atoms with E-state index in [2.05, 4.69) is 0 Å². The zero-order chi connectivity index (χ0) is 12.7. The Morgan fingerprint density at radius 3 is 1.31 bits per heavy atom. The van der Waals surface area contributed by atoms with Gasteiger partial charge in [0.15, 0.2) is 5.78 Å². The molecule has 1 rings (SSSR count). The van der Waals surface area contributed by atoms with E-state index in [4.69, 9.17) is 0 Å². The molecule has 0 atom stereocenters. The van der Waals surface area contributed by atoms with E-state index in [1.54, 1.807) is 0 Å². The highest BCUT2D eigenvalue weighted by atomic mass is 19.4. The number of alkyl halides is 6. The molecular weight excluding hydrogens is 242 g/mol. The Labute approximate surface area is 84.2 Å². The molecule has 0 saturated heterocycles. The highest BCUT2D eigenvalue weighted by Gasteiger charge is 2.49. The van der Waals surface area contributed by atoms with Crippen molar-refractivity contribution < 1.29 is 35.9 Å². The monoisotopic (exact) mass is 244 g/mol. The second-order valence-electron chi connectivity index (χ2n) is 2.84. The van der Waals surface area contributed by atoms with Crippen LogP contribution >= 0.6 is 0 Å². The first-order valence-corrected chi connectivity index (χ1v) is 3.70. The van der Waals surface area contributed by atoms with Crippen LogP contribution < -0.4 is 0 Å². The van der Waals surface area contributed by atoms with Crippen LogP contribution in [0, 0.1) is 0 Å². The number of allylic oxidation sites excluding steroid dienone is 4. The summed E-state index contributed by atoms with van der Waals surface area (Å²) >= 11 is 0. The molecule has 0 amide bonds. The predicted molar refractivity (Wildman–Crippen MR) is 38.3 cm³/mol. The van der Waals surface area contributed by atoms with E-state index in [-0.39, 0.29) is 12.2 Å². The Morgan fingerprint density at radius 1 is 0.750 bits per heavy atom. The van der Waals surface area contributed by atoms with Crippen LogP contribution in [-0.2, 0) is 9.59 Å². The average Bonchev–Trinajstić information content (AvgIpc) is 2.04. The Hall–Kier alpha value is -1.60. The molecule has 16 heavy (non-hydrogen) atoms. The molecular formula is C8H2F6O2. The molecule has 0 aromatic carbocycles.